The van der Waals surface area contributed by atoms with Crippen LogP contribution in [0.1, 0.15) is 42.9 Å². The second kappa shape index (κ2) is 6.60. The molecule has 3 aromatic rings. The first-order valence-electron chi connectivity index (χ1n) is 9.68. The van der Waals surface area contributed by atoms with Crippen LogP contribution in [0.15, 0.2) is 55.0 Å². The number of nitrogens with one attached hydrogen (secondary N) is 1. The number of aromatic nitrogens is 3. The zero-order valence-corrected chi connectivity index (χ0v) is 14.9. The molecule has 0 unspecified atom stereocenters. The van der Waals surface area contributed by atoms with Crippen molar-refractivity contribution in [3.8, 4) is 11.4 Å². The van der Waals surface area contributed by atoms with E-state index in [1.54, 1.807) is 0 Å². The number of hydrogen-bond acceptors (Lipinski definition) is 3. The van der Waals surface area contributed by atoms with E-state index in [4.69, 9.17) is 4.98 Å². The average molecular weight is 344 g/mol. The number of benzene rings is 1. The van der Waals surface area contributed by atoms with Gasteiger partial charge < -0.3 is 9.88 Å². The first-order valence-corrected chi connectivity index (χ1v) is 9.68. The van der Waals surface area contributed by atoms with E-state index in [0.717, 1.165) is 18.8 Å². The Morgan fingerprint density at radius 1 is 1.04 bits per heavy atom. The fourth-order valence-electron chi connectivity index (χ4n) is 4.28. The molecule has 1 N–H and O–H groups in total. The summed E-state index contributed by atoms with van der Waals surface area (Å²) in [7, 11) is 0. The maximum atomic E-state index is 4.70. The molecule has 0 atom stereocenters. The van der Waals surface area contributed by atoms with Gasteiger partial charge in [-0.1, -0.05) is 18.2 Å². The minimum Gasteiger partial charge on any atom is -0.382 e. The van der Waals surface area contributed by atoms with Crippen LogP contribution < -0.4 is 5.32 Å². The molecule has 1 saturated carbocycles. The number of aryl methyl sites for hydroxylation is 1. The molecule has 1 fully saturated rings. The van der Waals surface area contributed by atoms with Gasteiger partial charge in [-0.15, -0.1) is 0 Å². The van der Waals surface area contributed by atoms with Crippen molar-refractivity contribution in [2.45, 2.75) is 50.6 Å². The fourth-order valence-corrected chi connectivity index (χ4v) is 4.28. The minimum absolute atomic E-state index is 0.546. The quantitative estimate of drug-likeness (QED) is 0.750. The second-order valence-electron chi connectivity index (χ2n) is 7.56. The summed E-state index contributed by atoms with van der Waals surface area (Å²) in [6, 6.07) is 13.5. The Bertz CT molecular complexity index is 894. The number of pyridine rings is 1. The summed E-state index contributed by atoms with van der Waals surface area (Å²) in [6.07, 6.45) is 11.9. The van der Waals surface area contributed by atoms with Gasteiger partial charge in [-0.3, -0.25) is 4.98 Å². The SMILES string of the molecule is c1cc(NC2CC(c3cccnc3)C2)cc(-c2ncc3n2CCCC3)c1. The Kier molecular flexibility index (Phi) is 3.96. The molecule has 4 heteroatoms. The molecule has 1 aliphatic carbocycles. The van der Waals surface area contributed by atoms with Crippen molar-refractivity contribution >= 4 is 5.69 Å². The monoisotopic (exact) mass is 344 g/mol. The van der Waals surface area contributed by atoms with Crippen molar-refractivity contribution in [3.05, 3.63) is 66.2 Å². The number of imidazole rings is 1. The van der Waals surface area contributed by atoms with Gasteiger partial charge in [0.15, 0.2) is 0 Å². The first kappa shape index (κ1) is 15.6. The van der Waals surface area contributed by atoms with Gasteiger partial charge in [-0.2, -0.15) is 0 Å². The van der Waals surface area contributed by atoms with Crippen LogP contribution in [0.25, 0.3) is 11.4 Å². The summed E-state index contributed by atoms with van der Waals surface area (Å²) in [5.74, 6) is 1.76. The van der Waals surface area contributed by atoms with Crippen molar-refractivity contribution < 1.29 is 0 Å². The maximum absolute atomic E-state index is 4.70. The largest absolute Gasteiger partial charge is 0.382 e. The van der Waals surface area contributed by atoms with Crippen LogP contribution in [0.2, 0.25) is 0 Å². The molecule has 5 rings (SSSR count). The highest BCUT2D eigenvalue weighted by Gasteiger charge is 2.30. The van der Waals surface area contributed by atoms with Gasteiger partial charge in [0.05, 0.1) is 0 Å². The second-order valence-corrected chi connectivity index (χ2v) is 7.56. The molecule has 2 aromatic heterocycles. The van der Waals surface area contributed by atoms with Crippen LogP contribution in [0.5, 0.6) is 0 Å². The fraction of sp³-hybridized carbons (Fsp3) is 0.364. The van der Waals surface area contributed by atoms with E-state index in [0.29, 0.717) is 12.0 Å². The average Bonchev–Trinajstić information content (AvgIpc) is 3.09. The molecule has 0 spiro atoms. The number of nitrogens with zero attached hydrogens (tertiary/aromatic N) is 3. The molecule has 3 heterocycles. The molecule has 26 heavy (non-hydrogen) atoms. The van der Waals surface area contributed by atoms with Crippen LogP contribution in [-0.4, -0.2) is 20.6 Å². The summed E-state index contributed by atoms with van der Waals surface area (Å²) in [4.78, 5) is 8.94. The highest BCUT2D eigenvalue weighted by Crippen LogP contribution is 2.38. The van der Waals surface area contributed by atoms with E-state index in [1.165, 1.54) is 48.2 Å². The molecule has 4 nitrogen and oxygen atoms in total. The lowest BCUT2D eigenvalue weighted by Crippen LogP contribution is -2.34. The van der Waals surface area contributed by atoms with Crippen molar-refractivity contribution in [1.82, 2.24) is 14.5 Å². The van der Waals surface area contributed by atoms with Crippen molar-refractivity contribution in [2.75, 3.05) is 5.32 Å². The Hall–Kier alpha value is -2.62. The van der Waals surface area contributed by atoms with E-state index < -0.39 is 0 Å². The van der Waals surface area contributed by atoms with Gasteiger partial charge >= 0.3 is 0 Å². The Morgan fingerprint density at radius 2 is 2.00 bits per heavy atom. The standard InChI is InChI=1S/C22H24N4/c1-2-10-26-21(8-1)15-24-22(26)16-5-3-7-19(11-16)25-20-12-18(13-20)17-6-4-9-23-14-17/h3-7,9,11,14-15,18,20,25H,1-2,8,10,12-13H2. The topological polar surface area (TPSA) is 42.7 Å². The molecule has 0 saturated heterocycles. The van der Waals surface area contributed by atoms with Crippen LogP contribution in [-0.2, 0) is 13.0 Å². The minimum atomic E-state index is 0.546. The summed E-state index contributed by atoms with van der Waals surface area (Å²) in [5.41, 5.74) is 5.16. The van der Waals surface area contributed by atoms with Gasteiger partial charge in [0, 0.05) is 48.1 Å². The van der Waals surface area contributed by atoms with Gasteiger partial charge in [0.1, 0.15) is 5.82 Å². The van der Waals surface area contributed by atoms with Gasteiger partial charge in [-0.25, -0.2) is 4.98 Å². The molecule has 1 aliphatic heterocycles. The van der Waals surface area contributed by atoms with Crippen LogP contribution in [0.3, 0.4) is 0 Å². The molecule has 132 valence electrons. The number of hydrogen-bond donors (Lipinski definition) is 1. The molecular weight excluding hydrogens is 320 g/mol. The van der Waals surface area contributed by atoms with Gasteiger partial charge in [0.25, 0.3) is 0 Å². The molecule has 1 aromatic carbocycles. The van der Waals surface area contributed by atoms with Crippen LogP contribution >= 0.6 is 0 Å². The third-order valence-electron chi connectivity index (χ3n) is 5.79. The third kappa shape index (κ3) is 2.90. The maximum Gasteiger partial charge on any atom is 0.140 e. The first-order chi connectivity index (χ1) is 12.9. The summed E-state index contributed by atoms with van der Waals surface area (Å²) in [5, 5.41) is 3.70. The molecule has 0 amide bonds. The van der Waals surface area contributed by atoms with Crippen LogP contribution in [0, 0.1) is 0 Å². The van der Waals surface area contributed by atoms with Crippen molar-refractivity contribution in [1.29, 1.82) is 0 Å². The zero-order valence-electron chi connectivity index (χ0n) is 14.9. The summed E-state index contributed by atoms with van der Waals surface area (Å²) >= 11 is 0. The van der Waals surface area contributed by atoms with E-state index in [2.05, 4.69) is 51.4 Å². The third-order valence-corrected chi connectivity index (χ3v) is 5.79. The van der Waals surface area contributed by atoms with E-state index in [1.807, 2.05) is 18.5 Å². The zero-order chi connectivity index (χ0) is 17.3. The Balaban J connectivity index is 1.29. The lowest BCUT2D eigenvalue weighted by molar-refractivity contribution is 0.373. The van der Waals surface area contributed by atoms with Crippen molar-refractivity contribution in [2.24, 2.45) is 0 Å². The van der Waals surface area contributed by atoms with Gasteiger partial charge in [-0.05, 0) is 61.8 Å². The normalized spacial score (nSPS) is 21.7. The highest BCUT2D eigenvalue weighted by molar-refractivity contribution is 5.63. The van der Waals surface area contributed by atoms with E-state index in [-0.39, 0.29) is 0 Å². The summed E-state index contributed by atoms with van der Waals surface area (Å²) < 4.78 is 2.39. The highest BCUT2D eigenvalue weighted by atomic mass is 15.1. The number of anilines is 1. The predicted molar refractivity (Wildman–Crippen MR) is 104 cm³/mol. The lowest BCUT2D eigenvalue weighted by Gasteiger charge is -2.36. The van der Waals surface area contributed by atoms with E-state index >= 15 is 0 Å². The molecule has 0 radical (unpaired) electrons. The number of fused-ring (bicyclic) bond motifs is 1. The predicted octanol–water partition coefficient (Wildman–Crippen LogP) is 4.64. The Labute approximate surface area is 154 Å². The Morgan fingerprint density at radius 3 is 2.88 bits per heavy atom. The van der Waals surface area contributed by atoms with E-state index in [9.17, 15) is 0 Å². The van der Waals surface area contributed by atoms with Crippen LogP contribution in [0.4, 0.5) is 5.69 Å². The van der Waals surface area contributed by atoms with Crippen molar-refractivity contribution in [3.63, 3.8) is 0 Å². The summed E-state index contributed by atoms with van der Waals surface area (Å²) in [6.45, 7) is 1.09. The molecular formula is C22H24N4. The van der Waals surface area contributed by atoms with Gasteiger partial charge in [0.2, 0.25) is 0 Å². The molecule has 0 bridgehead atoms. The lowest BCUT2D eigenvalue weighted by atomic mass is 9.76. The number of rotatable bonds is 4. The molecule has 2 aliphatic rings. The smallest absolute Gasteiger partial charge is 0.140 e.